The predicted molar refractivity (Wildman–Crippen MR) is 54.4 cm³/mol. The zero-order valence-electron chi connectivity index (χ0n) is 9.56. The number of rotatable bonds is 4. The number of ether oxygens (including phenoxy) is 1. The second-order valence-electron chi connectivity index (χ2n) is 4.48. The van der Waals surface area contributed by atoms with Gasteiger partial charge in [-0.2, -0.15) is 0 Å². The highest BCUT2D eigenvalue weighted by Crippen LogP contribution is 2.33. The van der Waals surface area contributed by atoms with E-state index in [1.165, 1.54) is 6.92 Å². The van der Waals surface area contributed by atoms with E-state index in [0.717, 1.165) is 0 Å². The molecule has 0 N–H and O–H groups in total. The Labute approximate surface area is 85.1 Å². The third kappa shape index (κ3) is 3.13. The topological polar surface area (TPSA) is 26.3 Å². The van der Waals surface area contributed by atoms with E-state index in [0.29, 0.717) is 0 Å². The molecule has 0 fully saturated rings. The summed E-state index contributed by atoms with van der Waals surface area (Å²) < 4.78 is 18.2. The number of carbonyl (C=O) groups is 1. The second-order valence-corrected chi connectivity index (χ2v) is 4.48. The van der Waals surface area contributed by atoms with Crippen molar-refractivity contribution in [2.45, 2.75) is 41.0 Å². The van der Waals surface area contributed by atoms with Crippen molar-refractivity contribution in [2.24, 2.45) is 11.3 Å². The van der Waals surface area contributed by atoms with Gasteiger partial charge in [-0.25, -0.2) is 9.18 Å². The van der Waals surface area contributed by atoms with Gasteiger partial charge in [0.25, 0.3) is 0 Å². The molecule has 0 radical (unpaired) electrons. The lowest BCUT2D eigenvalue weighted by molar-refractivity contribution is -0.169. The first kappa shape index (κ1) is 13.1. The van der Waals surface area contributed by atoms with Crippen LogP contribution in [0.1, 0.15) is 34.6 Å². The first-order valence-electron chi connectivity index (χ1n) is 4.70. The Bertz CT molecular complexity index is 231. The number of alkyl halides is 1. The Morgan fingerprint density at radius 1 is 1.43 bits per heavy atom. The Kier molecular flexibility index (Phi) is 4.30. The van der Waals surface area contributed by atoms with Crippen LogP contribution in [-0.4, -0.2) is 12.3 Å². The first-order valence-corrected chi connectivity index (χ1v) is 4.70. The van der Waals surface area contributed by atoms with Gasteiger partial charge in [0, 0.05) is 11.0 Å². The average molecular weight is 202 g/mol. The van der Waals surface area contributed by atoms with E-state index in [1.807, 2.05) is 13.8 Å². The van der Waals surface area contributed by atoms with Gasteiger partial charge < -0.3 is 4.74 Å². The fraction of sp³-hybridized carbons (Fsp3) is 0.727. The lowest BCUT2D eigenvalue weighted by Crippen LogP contribution is -2.34. The summed E-state index contributed by atoms with van der Waals surface area (Å²) in [6, 6.07) is 0. The van der Waals surface area contributed by atoms with E-state index < -0.39 is 17.7 Å². The fourth-order valence-electron chi connectivity index (χ4n) is 0.609. The van der Waals surface area contributed by atoms with Crippen LogP contribution in [-0.2, 0) is 9.53 Å². The van der Waals surface area contributed by atoms with Crippen LogP contribution in [0, 0.1) is 11.3 Å². The van der Waals surface area contributed by atoms with Crippen LogP contribution in [0.3, 0.4) is 0 Å². The molecule has 0 heterocycles. The van der Waals surface area contributed by atoms with Gasteiger partial charge in [0.2, 0.25) is 6.36 Å². The lowest BCUT2D eigenvalue weighted by atomic mass is 9.81. The highest BCUT2D eigenvalue weighted by atomic mass is 19.1. The van der Waals surface area contributed by atoms with E-state index in [2.05, 4.69) is 11.3 Å². The zero-order valence-corrected chi connectivity index (χ0v) is 9.56. The molecule has 0 saturated carbocycles. The van der Waals surface area contributed by atoms with E-state index in [4.69, 9.17) is 0 Å². The molecule has 0 aromatic rings. The molecular weight excluding hydrogens is 183 g/mol. The molecule has 3 heteroatoms. The van der Waals surface area contributed by atoms with Crippen LogP contribution in [0.5, 0.6) is 0 Å². The van der Waals surface area contributed by atoms with Gasteiger partial charge in [-0.05, 0) is 12.8 Å². The average Bonchev–Trinajstić information content (AvgIpc) is 2.03. The Morgan fingerprint density at radius 2 is 1.86 bits per heavy atom. The smallest absolute Gasteiger partial charge is 0.335 e. The van der Waals surface area contributed by atoms with Gasteiger partial charge in [-0.3, -0.25) is 0 Å². The number of halogens is 1. The van der Waals surface area contributed by atoms with Crippen molar-refractivity contribution in [3.05, 3.63) is 12.2 Å². The SMILES string of the molecule is C=C(C)C(=O)OC(F)C(C)(C)C(C)C. The summed E-state index contributed by atoms with van der Waals surface area (Å²) in [6.07, 6.45) is -1.59. The molecule has 0 rings (SSSR count). The third-order valence-corrected chi connectivity index (χ3v) is 2.63. The predicted octanol–water partition coefficient (Wildman–Crippen LogP) is 3.08. The number of hydrogen-bond donors (Lipinski definition) is 0. The molecule has 1 unspecified atom stereocenters. The Hall–Kier alpha value is -0.860. The number of hydrogen-bond acceptors (Lipinski definition) is 2. The Balaban J connectivity index is 4.41. The summed E-state index contributed by atoms with van der Waals surface area (Å²) in [5, 5.41) is 0. The summed E-state index contributed by atoms with van der Waals surface area (Å²) >= 11 is 0. The highest BCUT2D eigenvalue weighted by molar-refractivity contribution is 5.87. The second kappa shape index (κ2) is 4.58. The number of carbonyl (C=O) groups excluding carboxylic acids is 1. The van der Waals surface area contributed by atoms with Crippen molar-refractivity contribution < 1.29 is 13.9 Å². The van der Waals surface area contributed by atoms with E-state index in [1.54, 1.807) is 13.8 Å². The van der Waals surface area contributed by atoms with E-state index >= 15 is 0 Å². The molecule has 0 saturated heterocycles. The van der Waals surface area contributed by atoms with Crippen LogP contribution in [0.4, 0.5) is 4.39 Å². The van der Waals surface area contributed by atoms with Crippen molar-refractivity contribution in [1.29, 1.82) is 0 Å². The summed E-state index contributed by atoms with van der Waals surface area (Å²) in [4.78, 5) is 11.1. The van der Waals surface area contributed by atoms with E-state index in [-0.39, 0.29) is 11.5 Å². The molecule has 82 valence electrons. The van der Waals surface area contributed by atoms with Crippen LogP contribution in [0.15, 0.2) is 12.2 Å². The van der Waals surface area contributed by atoms with Gasteiger partial charge in [0.1, 0.15) is 0 Å². The maximum atomic E-state index is 13.6. The minimum absolute atomic E-state index is 0.0930. The summed E-state index contributed by atoms with van der Waals surface area (Å²) in [5.41, 5.74) is -0.460. The molecule has 0 aliphatic heterocycles. The van der Waals surface area contributed by atoms with Gasteiger partial charge in [0.05, 0.1) is 0 Å². The van der Waals surface area contributed by atoms with Crippen LogP contribution in [0.2, 0.25) is 0 Å². The normalized spacial score (nSPS) is 13.9. The van der Waals surface area contributed by atoms with Gasteiger partial charge in [0.15, 0.2) is 0 Å². The van der Waals surface area contributed by atoms with Gasteiger partial charge >= 0.3 is 5.97 Å². The van der Waals surface area contributed by atoms with Crippen molar-refractivity contribution in [1.82, 2.24) is 0 Å². The quantitative estimate of drug-likeness (QED) is 0.517. The molecule has 2 nitrogen and oxygen atoms in total. The molecule has 14 heavy (non-hydrogen) atoms. The summed E-state index contributed by atoms with van der Waals surface area (Å²) in [6.45, 7) is 12.1. The van der Waals surface area contributed by atoms with Gasteiger partial charge in [-0.15, -0.1) is 0 Å². The minimum Gasteiger partial charge on any atom is -0.427 e. The Morgan fingerprint density at radius 3 is 2.14 bits per heavy atom. The maximum Gasteiger partial charge on any atom is 0.335 e. The minimum atomic E-state index is -1.59. The molecule has 0 aliphatic carbocycles. The van der Waals surface area contributed by atoms with Crippen LogP contribution >= 0.6 is 0 Å². The van der Waals surface area contributed by atoms with Crippen molar-refractivity contribution in [3.63, 3.8) is 0 Å². The molecular formula is C11H19FO2. The molecule has 0 aromatic carbocycles. The van der Waals surface area contributed by atoms with Gasteiger partial charge in [-0.1, -0.05) is 34.3 Å². The van der Waals surface area contributed by atoms with Crippen LogP contribution in [0.25, 0.3) is 0 Å². The molecule has 1 atom stereocenters. The van der Waals surface area contributed by atoms with Crippen LogP contribution < -0.4 is 0 Å². The van der Waals surface area contributed by atoms with Crippen molar-refractivity contribution in [3.8, 4) is 0 Å². The highest BCUT2D eigenvalue weighted by Gasteiger charge is 2.35. The maximum absolute atomic E-state index is 13.6. The lowest BCUT2D eigenvalue weighted by Gasteiger charge is -2.31. The molecule has 0 bridgehead atoms. The zero-order chi connectivity index (χ0) is 11.5. The fourth-order valence-corrected chi connectivity index (χ4v) is 0.609. The van der Waals surface area contributed by atoms with Crippen molar-refractivity contribution >= 4 is 5.97 Å². The number of esters is 1. The molecule has 0 amide bonds. The first-order chi connectivity index (χ1) is 6.19. The molecule has 0 spiro atoms. The summed E-state index contributed by atoms with van der Waals surface area (Å²) in [5.74, 6) is -0.582. The standard InChI is InChI=1S/C11H19FO2/c1-7(2)9(13)14-10(12)11(5,6)8(3)4/h8,10H,1H2,2-6H3. The monoisotopic (exact) mass is 202 g/mol. The largest absolute Gasteiger partial charge is 0.427 e. The van der Waals surface area contributed by atoms with E-state index in [9.17, 15) is 9.18 Å². The third-order valence-electron chi connectivity index (χ3n) is 2.63. The summed E-state index contributed by atoms with van der Waals surface area (Å²) in [7, 11) is 0. The molecule has 0 aromatic heterocycles. The van der Waals surface area contributed by atoms with Crippen molar-refractivity contribution in [2.75, 3.05) is 0 Å². The molecule has 0 aliphatic rings.